The molecule has 6 heteroatoms. The summed E-state index contributed by atoms with van der Waals surface area (Å²) in [7, 11) is 1.43. The van der Waals surface area contributed by atoms with Crippen LogP contribution in [0.3, 0.4) is 0 Å². The lowest BCUT2D eigenvalue weighted by Gasteiger charge is -2.32. The van der Waals surface area contributed by atoms with Crippen LogP contribution in [0.1, 0.15) is 27.7 Å². The van der Waals surface area contributed by atoms with Crippen molar-refractivity contribution >= 4 is 18.3 Å². The van der Waals surface area contributed by atoms with Crippen molar-refractivity contribution in [2.75, 3.05) is 5.73 Å². The topological polar surface area (TPSA) is 62.3 Å². The highest BCUT2D eigenvalue weighted by molar-refractivity contribution is 6.64. The highest BCUT2D eigenvalue weighted by atomic mass is 16.7. The summed E-state index contributed by atoms with van der Waals surface area (Å²) in [4.78, 5) is 0. The van der Waals surface area contributed by atoms with E-state index >= 15 is 0 Å². The number of aryl methyl sites for hydroxylation is 1. The second-order valence-corrected chi connectivity index (χ2v) is 6.81. The lowest BCUT2D eigenvalue weighted by Crippen LogP contribution is -2.41. The molecule has 0 saturated carbocycles. The van der Waals surface area contributed by atoms with E-state index in [9.17, 15) is 0 Å². The fourth-order valence-electron chi connectivity index (χ4n) is 2.48. The van der Waals surface area contributed by atoms with Gasteiger partial charge in [0.15, 0.2) is 0 Å². The Bertz CT molecular complexity index is 693. The van der Waals surface area contributed by atoms with Crippen molar-refractivity contribution in [2.24, 2.45) is 7.05 Å². The second kappa shape index (κ2) is 4.86. The number of aromatic nitrogens is 2. The fourth-order valence-corrected chi connectivity index (χ4v) is 2.48. The lowest BCUT2D eigenvalue weighted by atomic mass is 9.77. The molecule has 3 rings (SSSR count). The van der Waals surface area contributed by atoms with Crippen LogP contribution in [-0.2, 0) is 16.4 Å². The van der Waals surface area contributed by atoms with Gasteiger partial charge in [-0.1, -0.05) is 12.1 Å². The molecule has 0 bridgehead atoms. The average Bonchev–Trinajstić information content (AvgIpc) is 2.92. The molecule has 2 aromatic rings. The molecule has 2 N–H and O–H groups in total. The maximum Gasteiger partial charge on any atom is 0.496 e. The van der Waals surface area contributed by atoms with E-state index in [-0.39, 0.29) is 11.2 Å². The molecule has 116 valence electrons. The molecule has 2 heterocycles. The fraction of sp³-hybridized carbons (Fsp3) is 0.438. The van der Waals surface area contributed by atoms with Crippen molar-refractivity contribution in [3.8, 4) is 11.3 Å². The van der Waals surface area contributed by atoms with Gasteiger partial charge in [-0.15, -0.1) is 0 Å². The van der Waals surface area contributed by atoms with Crippen LogP contribution in [0.4, 0.5) is 5.69 Å². The molecule has 1 aromatic carbocycles. The number of nitrogens with zero attached hydrogens (tertiary/aromatic N) is 2. The Kier molecular flexibility index (Phi) is 3.34. The van der Waals surface area contributed by atoms with Gasteiger partial charge in [0.2, 0.25) is 0 Å². The monoisotopic (exact) mass is 299 g/mol. The van der Waals surface area contributed by atoms with E-state index in [1.54, 1.807) is 4.68 Å². The minimum atomic E-state index is -0.464. The molecular formula is C16H22BN3O2. The highest BCUT2D eigenvalue weighted by Crippen LogP contribution is 2.37. The molecule has 0 unspecified atom stereocenters. The van der Waals surface area contributed by atoms with Crippen LogP contribution < -0.4 is 11.2 Å². The number of nitrogen functional groups attached to an aromatic ring is 1. The molecule has 1 aliphatic heterocycles. The Morgan fingerprint density at radius 2 is 1.73 bits per heavy atom. The Morgan fingerprint density at radius 3 is 2.27 bits per heavy atom. The van der Waals surface area contributed by atoms with Gasteiger partial charge in [-0.2, -0.15) is 5.10 Å². The van der Waals surface area contributed by atoms with Gasteiger partial charge in [-0.05, 0) is 39.8 Å². The maximum absolute atomic E-state index is 6.14. The van der Waals surface area contributed by atoms with Gasteiger partial charge in [0.25, 0.3) is 0 Å². The summed E-state index contributed by atoms with van der Waals surface area (Å²) in [6.45, 7) is 8.13. The van der Waals surface area contributed by atoms with E-state index in [0.29, 0.717) is 5.69 Å². The Balaban J connectivity index is 1.98. The number of hydrogen-bond acceptors (Lipinski definition) is 4. The average molecular weight is 299 g/mol. The van der Waals surface area contributed by atoms with Gasteiger partial charge < -0.3 is 15.0 Å². The van der Waals surface area contributed by atoms with Gasteiger partial charge in [0.05, 0.1) is 16.9 Å². The summed E-state index contributed by atoms with van der Waals surface area (Å²) in [6.07, 6.45) is 1.92. The summed E-state index contributed by atoms with van der Waals surface area (Å²) in [5.41, 5.74) is 8.79. The summed E-state index contributed by atoms with van der Waals surface area (Å²) >= 11 is 0. The molecular weight excluding hydrogens is 277 g/mol. The number of nitrogens with two attached hydrogens (primary N) is 1. The molecule has 0 atom stereocenters. The van der Waals surface area contributed by atoms with Crippen molar-refractivity contribution in [2.45, 2.75) is 38.9 Å². The van der Waals surface area contributed by atoms with E-state index < -0.39 is 7.12 Å². The van der Waals surface area contributed by atoms with Gasteiger partial charge in [0, 0.05) is 30.0 Å². The summed E-state index contributed by atoms with van der Waals surface area (Å²) < 4.78 is 14.0. The van der Waals surface area contributed by atoms with Gasteiger partial charge in [-0.3, -0.25) is 4.68 Å². The predicted octanol–water partition coefficient (Wildman–Crippen LogP) is 1.97. The van der Waals surface area contributed by atoms with Crippen LogP contribution in [0.25, 0.3) is 11.3 Å². The first-order chi connectivity index (χ1) is 10.2. The first-order valence-corrected chi connectivity index (χ1v) is 7.45. The lowest BCUT2D eigenvalue weighted by molar-refractivity contribution is 0.00578. The number of anilines is 1. The second-order valence-electron chi connectivity index (χ2n) is 6.81. The molecule has 22 heavy (non-hydrogen) atoms. The van der Waals surface area contributed by atoms with Crippen LogP contribution in [0, 0.1) is 0 Å². The third-order valence-corrected chi connectivity index (χ3v) is 4.60. The predicted molar refractivity (Wildman–Crippen MR) is 88.8 cm³/mol. The van der Waals surface area contributed by atoms with Crippen molar-refractivity contribution in [1.82, 2.24) is 9.78 Å². The van der Waals surface area contributed by atoms with Crippen LogP contribution in [-0.4, -0.2) is 28.1 Å². The summed E-state index contributed by atoms with van der Waals surface area (Å²) in [6, 6.07) is 7.82. The smallest absolute Gasteiger partial charge is 0.399 e. The minimum absolute atomic E-state index is 0.384. The molecule has 0 spiro atoms. The van der Waals surface area contributed by atoms with Gasteiger partial charge in [0.1, 0.15) is 0 Å². The van der Waals surface area contributed by atoms with E-state index in [1.807, 2.05) is 65.2 Å². The van der Waals surface area contributed by atoms with Gasteiger partial charge >= 0.3 is 7.12 Å². The Morgan fingerprint density at radius 1 is 1.09 bits per heavy atom. The molecule has 0 radical (unpaired) electrons. The zero-order valence-electron chi connectivity index (χ0n) is 13.8. The molecule has 5 nitrogen and oxygen atoms in total. The quantitative estimate of drug-likeness (QED) is 0.680. The number of benzene rings is 1. The molecule has 1 aliphatic rings. The van der Waals surface area contributed by atoms with Gasteiger partial charge in [-0.25, -0.2) is 0 Å². The van der Waals surface area contributed by atoms with Crippen LogP contribution in [0.2, 0.25) is 0 Å². The zero-order chi connectivity index (χ0) is 16.1. The van der Waals surface area contributed by atoms with E-state index in [2.05, 4.69) is 5.10 Å². The summed E-state index contributed by atoms with van der Waals surface area (Å²) in [5.74, 6) is 0. The van der Waals surface area contributed by atoms with Crippen LogP contribution >= 0.6 is 0 Å². The van der Waals surface area contributed by atoms with Crippen molar-refractivity contribution < 1.29 is 9.31 Å². The molecule has 0 aliphatic carbocycles. The first kappa shape index (κ1) is 15.1. The largest absolute Gasteiger partial charge is 0.496 e. The van der Waals surface area contributed by atoms with Crippen LogP contribution in [0.5, 0.6) is 0 Å². The van der Waals surface area contributed by atoms with Crippen molar-refractivity contribution in [1.29, 1.82) is 0 Å². The molecule has 1 saturated heterocycles. The van der Waals surface area contributed by atoms with Crippen LogP contribution in [0.15, 0.2) is 30.5 Å². The first-order valence-electron chi connectivity index (χ1n) is 7.45. The standard InChI is InChI=1S/C16H22BN3O2/c1-15(2)16(3,4)22-17(21-15)12-10-11(6-7-13(12)18)14-8-9-20(5)19-14/h6-10H,18H2,1-5H3. The normalized spacial score (nSPS) is 19.6. The van der Waals surface area contributed by atoms with E-state index in [0.717, 1.165) is 16.7 Å². The van der Waals surface area contributed by atoms with Crippen molar-refractivity contribution in [3.05, 3.63) is 30.5 Å². The van der Waals surface area contributed by atoms with Crippen molar-refractivity contribution in [3.63, 3.8) is 0 Å². The minimum Gasteiger partial charge on any atom is -0.399 e. The third-order valence-electron chi connectivity index (χ3n) is 4.60. The molecule has 1 aromatic heterocycles. The number of rotatable bonds is 2. The highest BCUT2D eigenvalue weighted by Gasteiger charge is 2.52. The Labute approximate surface area is 131 Å². The van der Waals surface area contributed by atoms with E-state index in [4.69, 9.17) is 15.0 Å². The van der Waals surface area contributed by atoms with E-state index in [1.165, 1.54) is 0 Å². The summed E-state index contributed by atoms with van der Waals surface area (Å²) in [5, 5.41) is 4.43. The third kappa shape index (κ3) is 2.42. The SMILES string of the molecule is Cn1ccc(-c2ccc(N)c(B3OC(C)(C)C(C)(C)O3)c2)n1. The zero-order valence-corrected chi connectivity index (χ0v) is 13.8. The molecule has 0 amide bonds. The number of hydrogen-bond donors (Lipinski definition) is 1. The molecule has 1 fully saturated rings. The Hall–Kier alpha value is -1.79. The maximum atomic E-state index is 6.14.